The summed E-state index contributed by atoms with van der Waals surface area (Å²) in [5, 5.41) is 14.4. The van der Waals surface area contributed by atoms with Crippen LogP contribution >= 0.6 is 0 Å². The van der Waals surface area contributed by atoms with Gasteiger partial charge in [-0.25, -0.2) is 15.0 Å². The minimum absolute atomic E-state index is 0.536. The Balaban J connectivity index is 1.82. The second-order valence-corrected chi connectivity index (χ2v) is 4.88. The molecule has 0 amide bonds. The molecule has 2 N–H and O–H groups in total. The molecule has 1 aliphatic carbocycles. The van der Waals surface area contributed by atoms with Gasteiger partial charge in [0.2, 0.25) is 0 Å². The molecule has 0 aliphatic heterocycles. The lowest BCUT2D eigenvalue weighted by Crippen LogP contribution is -2.33. The van der Waals surface area contributed by atoms with E-state index in [1.54, 1.807) is 6.20 Å². The van der Waals surface area contributed by atoms with Gasteiger partial charge in [0.25, 0.3) is 0 Å². The topological polar surface area (TPSA) is 70.9 Å². The van der Waals surface area contributed by atoms with Crippen LogP contribution in [0.1, 0.15) is 25.7 Å². The van der Waals surface area contributed by atoms with Crippen molar-refractivity contribution < 1.29 is 5.11 Å². The summed E-state index contributed by atoms with van der Waals surface area (Å²) in [4.78, 5) is 12.5. The first-order valence-electron chi connectivity index (χ1n) is 6.29. The molecule has 1 aliphatic rings. The molecule has 0 aromatic carbocycles. The Kier molecular flexibility index (Phi) is 2.83. The SMILES string of the molecule is OC1(CNc2ncnc3ncccc23)CCCC1. The maximum Gasteiger partial charge on any atom is 0.164 e. The number of nitrogens with zero attached hydrogens (tertiary/aromatic N) is 3. The number of hydrogen-bond donors (Lipinski definition) is 2. The molecule has 2 aromatic rings. The third kappa shape index (κ3) is 2.13. The van der Waals surface area contributed by atoms with Gasteiger partial charge in [-0.05, 0) is 25.0 Å². The molecule has 2 heterocycles. The fourth-order valence-electron chi connectivity index (χ4n) is 2.49. The highest BCUT2D eigenvalue weighted by molar-refractivity contribution is 5.85. The maximum absolute atomic E-state index is 10.3. The van der Waals surface area contributed by atoms with E-state index in [4.69, 9.17) is 0 Å². The van der Waals surface area contributed by atoms with Crippen LogP contribution < -0.4 is 5.32 Å². The fraction of sp³-hybridized carbons (Fsp3) is 0.462. The van der Waals surface area contributed by atoms with E-state index in [0.29, 0.717) is 12.2 Å². The number of aliphatic hydroxyl groups is 1. The van der Waals surface area contributed by atoms with Crippen molar-refractivity contribution in [2.24, 2.45) is 0 Å². The second-order valence-electron chi connectivity index (χ2n) is 4.88. The van der Waals surface area contributed by atoms with Gasteiger partial charge < -0.3 is 10.4 Å². The summed E-state index contributed by atoms with van der Waals surface area (Å²) >= 11 is 0. The number of anilines is 1. The number of aromatic nitrogens is 3. The van der Waals surface area contributed by atoms with E-state index in [9.17, 15) is 5.11 Å². The Hall–Kier alpha value is -1.75. The monoisotopic (exact) mass is 244 g/mol. The molecule has 0 spiro atoms. The lowest BCUT2D eigenvalue weighted by molar-refractivity contribution is 0.0614. The van der Waals surface area contributed by atoms with Crippen LogP contribution in [-0.2, 0) is 0 Å². The maximum atomic E-state index is 10.3. The van der Waals surface area contributed by atoms with E-state index in [0.717, 1.165) is 36.9 Å². The zero-order valence-corrected chi connectivity index (χ0v) is 10.1. The standard InChI is InChI=1S/C13H16N4O/c18-13(5-1-2-6-13)8-15-12-10-4-3-7-14-11(10)16-9-17-12/h3-4,7,9,18H,1-2,5-6,8H2,(H,14,15,16,17). The Morgan fingerprint density at radius 2 is 2.06 bits per heavy atom. The number of rotatable bonds is 3. The third-order valence-electron chi connectivity index (χ3n) is 3.53. The fourth-order valence-corrected chi connectivity index (χ4v) is 2.49. The lowest BCUT2D eigenvalue weighted by atomic mass is 10.0. The average Bonchev–Trinajstić information content (AvgIpc) is 2.84. The number of pyridine rings is 1. The van der Waals surface area contributed by atoms with Crippen molar-refractivity contribution in [3.8, 4) is 0 Å². The quantitative estimate of drug-likeness (QED) is 0.860. The summed E-state index contributed by atoms with van der Waals surface area (Å²) in [5.74, 6) is 0.744. The van der Waals surface area contributed by atoms with Crippen molar-refractivity contribution in [1.29, 1.82) is 0 Å². The number of hydrogen-bond acceptors (Lipinski definition) is 5. The van der Waals surface area contributed by atoms with E-state index in [1.165, 1.54) is 6.33 Å². The van der Waals surface area contributed by atoms with Crippen LogP contribution in [0.5, 0.6) is 0 Å². The van der Waals surface area contributed by atoms with Crippen molar-refractivity contribution in [2.45, 2.75) is 31.3 Å². The molecule has 1 saturated carbocycles. The van der Waals surface area contributed by atoms with Gasteiger partial charge >= 0.3 is 0 Å². The van der Waals surface area contributed by atoms with Gasteiger partial charge in [-0.1, -0.05) is 12.8 Å². The van der Waals surface area contributed by atoms with E-state index >= 15 is 0 Å². The highest BCUT2D eigenvalue weighted by Crippen LogP contribution is 2.30. The number of nitrogens with one attached hydrogen (secondary N) is 1. The Morgan fingerprint density at radius 1 is 1.22 bits per heavy atom. The third-order valence-corrected chi connectivity index (χ3v) is 3.53. The van der Waals surface area contributed by atoms with E-state index in [-0.39, 0.29) is 0 Å². The Morgan fingerprint density at radius 3 is 2.89 bits per heavy atom. The molecule has 1 fully saturated rings. The van der Waals surface area contributed by atoms with Crippen molar-refractivity contribution in [2.75, 3.05) is 11.9 Å². The molecule has 0 saturated heterocycles. The van der Waals surface area contributed by atoms with Crippen LogP contribution in [0, 0.1) is 0 Å². The van der Waals surface area contributed by atoms with Gasteiger partial charge in [0, 0.05) is 12.7 Å². The van der Waals surface area contributed by atoms with Crippen molar-refractivity contribution in [3.05, 3.63) is 24.7 Å². The van der Waals surface area contributed by atoms with Crippen molar-refractivity contribution in [3.63, 3.8) is 0 Å². The van der Waals surface area contributed by atoms with Gasteiger partial charge in [-0.3, -0.25) is 0 Å². The van der Waals surface area contributed by atoms with Gasteiger partial charge in [-0.15, -0.1) is 0 Å². The molecule has 0 unspecified atom stereocenters. The van der Waals surface area contributed by atoms with Crippen LogP contribution in [0.3, 0.4) is 0 Å². The lowest BCUT2D eigenvalue weighted by Gasteiger charge is -2.22. The summed E-state index contributed by atoms with van der Waals surface area (Å²) in [7, 11) is 0. The molecule has 0 radical (unpaired) electrons. The van der Waals surface area contributed by atoms with Crippen molar-refractivity contribution in [1.82, 2.24) is 15.0 Å². The summed E-state index contributed by atoms with van der Waals surface area (Å²) in [5.41, 5.74) is 0.0906. The Bertz CT molecular complexity index is 546. The molecule has 0 atom stereocenters. The van der Waals surface area contributed by atoms with E-state index < -0.39 is 5.60 Å². The summed E-state index contributed by atoms with van der Waals surface area (Å²) in [6.07, 6.45) is 7.14. The van der Waals surface area contributed by atoms with Gasteiger partial charge in [0.15, 0.2) is 5.65 Å². The predicted octanol–water partition coefficient (Wildman–Crippen LogP) is 1.74. The smallest absolute Gasteiger partial charge is 0.164 e. The van der Waals surface area contributed by atoms with Crippen LogP contribution in [0.25, 0.3) is 11.0 Å². The average molecular weight is 244 g/mol. The first-order chi connectivity index (χ1) is 8.77. The summed E-state index contributed by atoms with van der Waals surface area (Å²) in [6, 6.07) is 3.80. The van der Waals surface area contributed by atoms with E-state index in [2.05, 4.69) is 20.3 Å². The van der Waals surface area contributed by atoms with Crippen LogP contribution in [0.15, 0.2) is 24.7 Å². The molecule has 2 aromatic heterocycles. The minimum Gasteiger partial charge on any atom is -0.388 e. The molecular formula is C13H16N4O. The zero-order chi connectivity index (χ0) is 12.4. The van der Waals surface area contributed by atoms with E-state index in [1.807, 2.05) is 12.1 Å². The first-order valence-corrected chi connectivity index (χ1v) is 6.29. The second kappa shape index (κ2) is 4.49. The normalized spacial score (nSPS) is 18.1. The highest BCUT2D eigenvalue weighted by Gasteiger charge is 2.30. The molecule has 0 bridgehead atoms. The molecule has 5 heteroatoms. The predicted molar refractivity (Wildman–Crippen MR) is 69.2 cm³/mol. The summed E-state index contributed by atoms with van der Waals surface area (Å²) in [6.45, 7) is 0.536. The molecule has 94 valence electrons. The van der Waals surface area contributed by atoms with Gasteiger partial charge in [0.1, 0.15) is 12.1 Å². The van der Waals surface area contributed by atoms with Gasteiger partial charge in [-0.2, -0.15) is 0 Å². The van der Waals surface area contributed by atoms with Gasteiger partial charge in [0.05, 0.1) is 11.0 Å². The van der Waals surface area contributed by atoms with Crippen LogP contribution in [0.4, 0.5) is 5.82 Å². The molecule has 18 heavy (non-hydrogen) atoms. The zero-order valence-electron chi connectivity index (χ0n) is 10.1. The molecule has 5 nitrogen and oxygen atoms in total. The highest BCUT2D eigenvalue weighted by atomic mass is 16.3. The first kappa shape index (κ1) is 11.3. The molecule has 3 rings (SSSR count). The van der Waals surface area contributed by atoms with Crippen LogP contribution in [0.2, 0.25) is 0 Å². The van der Waals surface area contributed by atoms with Crippen LogP contribution in [-0.4, -0.2) is 32.2 Å². The molecular weight excluding hydrogens is 228 g/mol. The van der Waals surface area contributed by atoms with Crippen molar-refractivity contribution >= 4 is 16.9 Å². The number of fused-ring (bicyclic) bond motifs is 1. The largest absolute Gasteiger partial charge is 0.388 e. The minimum atomic E-state index is -0.584. The summed E-state index contributed by atoms with van der Waals surface area (Å²) < 4.78 is 0. The Labute approximate surface area is 105 Å².